The zero-order valence-electron chi connectivity index (χ0n) is 11.0. The van der Waals surface area contributed by atoms with Crippen LogP contribution in [0.25, 0.3) is 0 Å². The van der Waals surface area contributed by atoms with Crippen LogP contribution >= 0.6 is 0 Å². The van der Waals surface area contributed by atoms with Crippen molar-refractivity contribution in [1.82, 2.24) is 9.55 Å². The van der Waals surface area contributed by atoms with E-state index in [2.05, 4.69) is 4.98 Å². The maximum absolute atomic E-state index is 12.3. The monoisotopic (exact) mass is 279 g/mol. The Labute approximate surface area is 113 Å². The minimum Gasteiger partial charge on any atom is -0.399 e. The maximum Gasteiger partial charge on any atom is 0.180 e. The lowest BCUT2D eigenvalue weighted by molar-refractivity contribution is 0.587. The Morgan fingerprint density at radius 2 is 2.05 bits per heavy atom. The molecule has 0 bridgehead atoms. The molecule has 6 heteroatoms. The van der Waals surface area contributed by atoms with Gasteiger partial charge < -0.3 is 10.3 Å². The van der Waals surface area contributed by atoms with Gasteiger partial charge in [-0.1, -0.05) is 0 Å². The van der Waals surface area contributed by atoms with Gasteiger partial charge in [0.15, 0.2) is 9.84 Å². The first-order chi connectivity index (χ1) is 8.90. The summed E-state index contributed by atoms with van der Waals surface area (Å²) in [6, 6.07) is 4.86. The zero-order chi connectivity index (χ0) is 14.0. The van der Waals surface area contributed by atoms with Gasteiger partial charge in [0.1, 0.15) is 5.82 Å². The molecule has 1 aromatic carbocycles. The molecule has 0 radical (unpaired) electrons. The van der Waals surface area contributed by atoms with Crippen LogP contribution in [0.2, 0.25) is 0 Å². The number of rotatable bonds is 4. The molecule has 0 aliphatic rings. The van der Waals surface area contributed by atoms with Crippen molar-refractivity contribution in [3.05, 3.63) is 42.0 Å². The Morgan fingerprint density at radius 1 is 1.32 bits per heavy atom. The summed E-state index contributed by atoms with van der Waals surface area (Å²) in [5, 5.41) is 0. The summed E-state index contributed by atoms with van der Waals surface area (Å²) < 4.78 is 26.4. The van der Waals surface area contributed by atoms with Gasteiger partial charge >= 0.3 is 0 Å². The van der Waals surface area contributed by atoms with Crippen LogP contribution in [-0.2, 0) is 16.4 Å². The van der Waals surface area contributed by atoms with Gasteiger partial charge in [-0.05, 0) is 37.6 Å². The Morgan fingerprint density at radius 3 is 2.63 bits per heavy atom. The van der Waals surface area contributed by atoms with E-state index in [1.807, 2.05) is 11.5 Å². The average Bonchev–Trinajstić information content (AvgIpc) is 2.72. The summed E-state index contributed by atoms with van der Waals surface area (Å²) in [6.45, 7) is 4.00. The van der Waals surface area contributed by atoms with Crippen molar-refractivity contribution < 1.29 is 8.42 Å². The summed E-state index contributed by atoms with van der Waals surface area (Å²) in [4.78, 5) is 4.42. The maximum atomic E-state index is 12.3. The Bertz CT molecular complexity index is 690. The van der Waals surface area contributed by atoms with Crippen LogP contribution in [0.5, 0.6) is 0 Å². The van der Waals surface area contributed by atoms with E-state index in [9.17, 15) is 8.42 Å². The smallest absolute Gasteiger partial charge is 0.180 e. The molecule has 19 heavy (non-hydrogen) atoms. The van der Waals surface area contributed by atoms with Gasteiger partial charge in [-0.25, -0.2) is 13.4 Å². The quantitative estimate of drug-likeness (QED) is 0.861. The molecule has 0 aliphatic heterocycles. The first-order valence-electron chi connectivity index (χ1n) is 5.97. The van der Waals surface area contributed by atoms with E-state index in [-0.39, 0.29) is 5.75 Å². The molecule has 0 saturated carbocycles. The van der Waals surface area contributed by atoms with Crippen molar-refractivity contribution in [2.45, 2.75) is 25.3 Å². The normalized spacial score (nSPS) is 11.7. The van der Waals surface area contributed by atoms with Gasteiger partial charge in [0.25, 0.3) is 0 Å². The van der Waals surface area contributed by atoms with Gasteiger partial charge in [0, 0.05) is 24.6 Å². The molecule has 102 valence electrons. The van der Waals surface area contributed by atoms with E-state index in [1.54, 1.807) is 37.5 Å². The number of nitrogens with two attached hydrogens (primary N) is 1. The van der Waals surface area contributed by atoms with Crippen molar-refractivity contribution >= 4 is 15.5 Å². The lowest BCUT2D eigenvalue weighted by Crippen LogP contribution is -2.14. The Hall–Kier alpha value is -1.82. The van der Waals surface area contributed by atoms with Crippen LogP contribution < -0.4 is 5.73 Å². The molecule has 0 amide bonds. The van der Waals surface area contributed by atoms with E-state index < -0.39 is 9.84 Å². The largest absolute Gasteiger partial charge is 0.399 e. The molecule has 0 unspecified atom stereocenters. The van der Waals surface area contributed by atoms with Gasteiger partial charge in [-0.15, -0.1) is 0 Å². The molecule has 2 aromatic rings. The summed E-state index contributed by atoms with van der Waals surface area (Å²) >= 11 is 0. The number of sulfone groups is 1. The summed E-state index contributed by atoms with van der Waals surface area (Å²) in [6.07, 6.45) is 3.44. The fraction of sp³-hybridized carbons (Fsp3) is 0.308. The van der Waals surface area contributed by atoms with Crippen LogP contribution in [0.1, 0.15) is 11.4 Å². The number of hydrogen-bond acceptors (Lipinski definition) is 4. The van der Waals surface area contributed by atoms with Crippen molar-refractivity contribution in [1.29, 1.82) is 0 Å². The van der Waals surface area contributed by atoms with Gasteiger partial charge in [-0.3, -0.25) is 0 Å². The molecule has 0 atom stereocenters. The van der Waals surface area contributed by atoms with Crippen molar-refractivity contribution in [2.24, 2.45) is 0 Å². The number of imidazole rings is 1. The third-order valence-corrected chi connectivity index (χ3v) is 4.91. The molecule has 1 heterocycles. The highest BCUT2D eigenvalue weighted by atomic mass is 32.2. The highest BCUT2D eigenvalue weighted by molar-refractivity contribution is 7.91. The van der Waals surface area contributed by atoms with E-state index >= 15 is 0 Å². The number of aromatic nitrogens is 2. The molecular weight excluding hydrogens is 262 g/mol. The van der Waals surface area contributed by atoms with E-state index in [0.717, 1.165) is 5.82 Å². The Kier molecular flexibility index (Phi) is 3.61. The second-order valence-corrected chi connectivity index (χ2v) is 6.59. The number of aryl methyl sites for hydroxylation is 3. The number of nitrogen functional groups attached to an aromatic ring is 1. The fourth-order valence-electron chi connectivity index (χ4n) is 1.99. The number of nitrogens with zero attached hydrogens (tertiary/aromatic N) is 2. The van der Waals surface area contributed by atoms with Crippen LogP contribution in [0, 0.1) is 13.8 Å². The van der Waals surface area contributed by atoms with Gasteiger partial charge in [0.05, 0.1) is 10.6 Å². The molecule has 0 saturated heterocycles. The molecule has 2 N–H and O–H groups in total. The fourth-order valence-corrected chi connectivity index (χ4v) is 3.47. The topological polar surface area (TPSA) is 78.0 Å². The predicted octanol–water partition coefficient (Wildman–Crippen LogP) is 1.56. The lowest BCUT2D eigenvalue weighted by Gasteiger charge is -2.09. The minimum atomic E-state index is -3.30. The summed E-state index contributed by atoms with van der Waals surface area (Å²) in [5.74, 6) is 0.860. The lowest BCUT2D eigenvalue weighted by atomic mass is 10.2. The first-order valence-corrected chi connectivity index (χ1v) is 7.62. The zero-order valence-corrected chi connectivity index (χ0v) is 11.8. The highest BCUT2D eigenvalue weighted by Crippen LogP contribution is 2.19. The first kappa shape index (κ1) is 13.6. The van der Waals surface area contributed by atoms with Crippen LogP contribution in [-0.4, -0.2) is 23.7 Å². The van der Waals surface area contributed by atoms with Crippen molar-refractivity contribution in [3.63, 3.8) is 0 Å². The van der Waals surface area contributed by atoms with Gasteiger partial charge in [-0.2, -0.15) is 0 Å². The number of benzene rings is 1. The molecule has 1 aromatic heterocycles. The second kappa shape index (κ2) is 5.05. The average molecular weight is 279 g/mol. The standard InChI is InChI=1S/C13H17N3O2S/c1-10-9-12(14)3-4-13(10)19(17,18)8-7-16-6-5-15-11(16)2/h3-6,9H,7-8,14H2,1-2H3. The second-order valence-electron chi connectivity index (χ2n) is 4.51. The van der Waals surface area contributed by atoms with Crippen molar-refractivity contribution in [3.8, 4) is 0 Å². The van der Waals surface area contributed by atoms with E-state index in [0.29, 0.717) is 22.7 Å². The Balaban J connectivity index is 2.21. The molecule has 0 fully saturated rings. The van der Waals surface area contributed by atoms with E-state index in [4.69, 9.17) is 5.73 Å². The minimum absolute atomic E-state index is 0.0506. The van der Waals surface area contributed by atoms with Gasteiger partial charge in [0.2, 0.25) is 0 Å². The summed E-state index contributed by atoms with van der Waals surface area (Å²) in [7, 11) is -3.30. The molecule has 0 aliphatic carbocycles. The molecular formula is C13H17N3O2S. The number of anilines is 1. The molecule has 0 spiro atoms. The predicted molar refractivity (Wildman–Crippen MR) is 74.6 cm³/mol. The number of hydrogen-bond donors (Lipinski definition) is 1. The third kappa shape index (κ3) is 2.96. The molecule has 2 rings (SSSR count). The van der Waals surface area contributed by atoms with Crippen LogP contribution in [0.4, 0.5) is 5.69 Å². The van der Waals surface area contributed by atoms with Crippen molar-refractivity contribution in [2.75, 3.05) is 11.5 Å². The van der Waals surface area contributed by atoms with E-state index in [1.165, 1.54) is 0 Å². The molecule has 5 nitrogen and oxygen atoms in total. The third-order valence-electron chi connectivity index (χ3n) is 3.06. The summed E-state index contributed by atoms with van der Waals surface area (Å²) in [5.41, 5.74) is 6.89. The van der Waals surface area contributed by atoms with Crippen LogP contribution in [0.3, 0.4) is 0 Å². The highest BCUT2D eigenvalue weighted by Gasteiger charge is 2.17. The van der Waals surface area contributed by atoms with Crippen LogP contribution in [0.15, 0.2) is 35.5 Å². The SMILES string of the molecule is Cc1cc(N)ccc1S(=O)(=O)CCn1ccnc1C.